The van der Waals surface area contributed by atoms with E-state index in [-0.39, 0.29) is 0 Å². The topological polar surface area (TPSA) is 67.1 Å². The Balaban J connectivity index is 2.19. The first-order chi connectivity index (χ1) is 13.0. The summed E-state index contributed by atoms with van der Waals surface area (Å²) in [6, 6.07) is 8.35. The summed E-state index contributed by atoms with van der Waals surface area (Å²) >= 11 is 0. The fraction of sp³-hybridized carbons (Fsp3) is 0.455. The van der Waals surface area contributed by atoms with Gasteiger partial charge in [-0.05, 0) is 45.1 Å². The lowest BCUT2D eigenvalue weighted by atomic mass is 10.0. The Morgan fingerprint density at radius 1 is 1.19 bits per heavy atom. The molecule has 5 nitrogen and oxygen atoms in total. The Morgan fingerprint density at radius 3 is 2.74 bits per heavy atom. The minimum atomic E-state index is 0.317. The molecule has 3 N–H and O–H groups in total. The standard InChI is InChI=1S/C22H31N5/c1-5-6-7-13-24-21-20(17(2)25-22(23)26-21)16-19-11-8-10-18(15-19)12-9-14-27(3)4/h8,10-11,15H,5-7,13-14,16H2,1-4H3,(H3,23,24,25,26). The molecule has 0 spiro atoms. The van der Waals surface area contributed by atoms with Crippen molar-refractivity contribution in [3.8, 4) is 11.8 Å². The molecule has 1 aromatic carbocycles. The Morgan fingerprint density at radius 2 is 2.00 bits per heavy atom. The van der Waals surface area contributed by atoms with Gasteiger partial charge >= 0.3 is 0 Å². The van der Waals surface area contributed by atoms with E-state index < -0.39 is 0 Å². The van der Waals surface area contributed by atoms with E-state index in [1.165, 1.54) is 18.4 Å². The maximum atomic E-state index is 5.87. The molecule has 0 bridgehead atoms. The highest BCUT2D eigenvalue weighted by Crippen LogP contribution is 2.22. The molecule has 0 saturated heterocycles. The number of nitrogens with one attached hydrogen (secondary N) is 1. The number of hydrogen-bond donors (Lipinski definition) is 2. The number of aromatic nitrogens is 2. The quantitative estimate of drug-likeness (QED) is 0.554. The van der Waals surface area contributed by atoms with E-state index in [1.54, 1.807) is 0 Å². The van der Waals surface area contributed by atoms with Crippen molar-refractivity contribution in [1.82, 2.24) is 14.9 Å². The van der Waals surface area contributed by atoms with Crippen LogP contribution in [-0.4, -0.2) is 42.1 Å². The lowest BCUT2D eigenvalue weighted by Crippen LogP contribution is -2.11. The van der Waals surface area contributed by atoms with Gasteiger partial charge in [-0.3, -0.25) is 4.90 Å². The molecule has 1 aromatic heterocycles. The van der Waals surface area contributed by atoms with Gasteiger partial charge in [-0.15, -0.1) is 0 Å². The lowest BCUT2D eigenvalue weighted by Gasteiger charge is -2.14. The van der Waals surface area contributed by atoms with Gasteiger partial charge in [0, 0.05) is 29.8 Å². The number of unbranched alkanes of at least 4 members (excludes halogenated alkanes) is 2. The molecular weight excluding hydrogens is 334 g/mol. The first-order valence-corrected chi connectivity index (χ1v) is 9.59. The zero-order valence-electron chi connectivity index (χ0n) is 17.0. The van der Waals surface area contributed by atoms with Crippen LogP contribution in [0.1, 0.15) is 48.6 Å². The van der Waals surface area contributed by atoms with Gasteiger partial charge in [0.05, 0.1) is 6.54 Å². The monoisotopic (exact) mass is 365 g/mol. The summed E-state index contributed by atoms with van der Waals surface area (Å²) in [5, 5.41) is 3.45. The number of nitrogen functional groups attached to an aromatic ring is 1. The molecule has 0 radical (unpaired) electrons. The largest absolute Gasteiger partial charge is 0.370 e. The number of aryl methyl sites for hydroxylation is 1. The van der Waals surface area contributed by atoms with E-state index in [0.29, 0.717) is 5.95 Å². The molecule has 0 saturated carbocycles. The maximum absolute atomic E-state index is 5.87. The second-order valence-electron chi connectivity index (χ2n) is 7.04. The van der Waals surface area contributed by atoms with Crippen LogP contribution in [0, 0.1) is 18.8 Å². The van der Waals surface area contributed by atoms with Gasteiger partial charge in [0.25, 0.3) is 0 Å². The first kappa shape index (κ1) is 20.7. The van der Waals surface area contributed by atoms with Crippen molar-refractivity contribution >= 4 is 11.8 Å². The first-order valence-electron chi connectivity index (χ1n) is 9.59. The predicted molar refractivity (Wildman–Crippen MR) is 114 cm³/mol. The summed E-state index contributed by atoms with van der Waals surface area (Å²) in [7, 11) is 4.04. The van der Waals surface area contributed by atoms with Crippen LogP contribution in [0.4, 0.5) is 11.8 Å². The van der Waals surface area contributed by atoms with Gasteiger partial charge in [0.15, 0.2) is 0 Å². The summed E-state index contributed by atoms with van der Waals surface area (Å²) in [6.07, 6.45) is 4.28. The van der Waals surface area contributed by atoms with E-state index >= 15 is 0 Å². The number of benzene rings is 1. The summed E-state index contributed by atoms with van der Waals surface area (Å²) in [5.41, 5.74) is 10.1. The smallest absolute Gasteiger partial charge is 0.222 e. The SMILES string of the molecule is CCCCCNc1nc(N)nc(C)c1Cc1cccc(C#CCN(C)C)c1. The van der Waals surface area contributed by atoms with E-state index in [9.17, 15) is 0 Å². The minimum Gasteiger partial charge on any atom is -0.370 e. The third kappa shape index (κ3) is 6.92. The summed E-state index contributed by atoms with van der Waals surface area (Å²) < 4.78 is 0. The van der Waals surface area contributed by atoms with Crippen molar-refractivity contribution in [1.29, 1.82) is 0 Å². The number of hydrogen-bond acceptors (Lipinski definition) is 5. The van der Waals surface area contributed by atoms with Crippen LogP contribution in [0.25, 0.3) is 0 Å². The highest BCUT2D eigenvalue weighted by atomic mass is 15.1. The van der Waals surface area contributed by atoms with E-state index in [0.717, 1.165) is 48.6 Å². The van der Waals surface area contributed by atoms with Gasteiger partial charge in [-0.2, -0.15) is 4.98 Å². The van der Waals surface area contributed by atoms with Crippen LogP contribution >= 0.6 is 0 Å². The fourth-order valence-electron chi connectivity index (χ4n) is 2.82. The summed E-state index contributed by atoms with van der Waals surface area (Å²) in [5.74, 6) is 7.58. The second-order valence-corrected chi connectivity index (χ2v) is 7.04. The average Bonchev–Trinajstić information content (AvgIpc) is 2.61. The van der Waals surface area contributed by atoms with E-state index in [4.69, 9.17) is 5.73 Å². The molecule has 0 atom stereocenters. The molecule has 0 aliphatic carbocycles. The van der Waals surface area contributed by atoms with Crippen molar-refractivity contribution < 1.29 is 0 Å². The molecule has 0 amide bonds. The number of rotatable bonds is 8. The molecule has 0 aliphatic rings. The minimum absolute atomic E-state index is 0.317. The molecule has 0 fully saturated rings. The third-order valence-electron chi connectivity index (χ3n) is 4.24. The van der Waals surface area contributed by atoms with Gasteiger partial charge in [0.2, 0.25) is 5.95 Å². The molecule has 0 aliphatic heterocycles. The third-order valence-corrected chi connectivity index (χ3v) is 4.24. The summed E-state index contributed by atoms with van der Waals surface area (Å²) in [4.78, 5) is 10.9. The molecule has 5 heteroatoms. The normalized spacial score (nSPS) is 10.6. The zero-order chi connectivity index (χ0) is 19.6. The van der Waals surface area contributed by atoms with Gasteiger partial charge in [-0.25, -0.2) is 4.98 Å². The van der Waals surface area contributed by atoms with Gasteiger partial charge in [-0.1, -0.05) is 43.7 Å². The molecule has 2 rings (SSSR count). The summed E-state index contributed by atoms with van der Waals surface area (Å²) in [6.45, 7) is 5.84. The number of nitrogens with two attached hydrogens (primary N) is 1. The van der Waals surface area contributed by atoms with Crippen LogP contribution in [0.2, 0.25) is 0 Å². The van der Waals surface area contributed by atoms with Crippen molar-refractivity contribution in [2.45, 2.75) is 39.5 Å². The number of anilines is 2. The van der Waals surface area contributed by atoms with Crippen molar-refractivity contribution in [2.75, 3.05) is 38.2 Å². The van der Waals surface area contributed by atoms with E-state index in [2.05, 4.69) is 57.1 Å². The predicted octanol–water partition coefficient (Wildman–Crippen LogP) is 3.47. The van der Waals surface area contributed by atoms with Crippen LogP contribution in [-0.2, 0) is 6.42 Å². The highest BCUT2D eigenvalue weighted by Gasteiger charge is 2.11. The molecule has 144 valence electrons. The zero-order valence-corrected chi connectivity index (χ0v) is 17.0. The fourth-order valence-corrected chi connectivity index (χ4v) is 2.82. The van der Waals surface area contributed by atoms with Crippen molar-refractivity contribution in [2.24, 2.45) is 0 Å². The Hall–Kier alpha value is -2.58. The Kier molecular flexibility index (Phi) is 8.09. The Bertz CT molecular complexity index is 802. The van der Waals surface area contributed by atoms with Crippen LogP contribution in [0.15, 0.2) is 24.3 Å². The highest BCUT2D eigenvalue weighted by molar-refractivity contribution is 5.52. The molecular formula is C22H31N5. The maximum Gasteiger partial charge on any atom is 0.222 e. The molecule has 0 unspecified atom stereocenters. The second kappa shape index (κ2) is 10.5. The van der Waals surface area contributed by atoms with Gasteiger partial charge < -0.3 is 11.1 Å². The van der Waals surface area contributed by atoms with Gasteiger partial charge in [0.1, 0.15) is 5.82 Å². The van der Waals surface area contributed by atoms with Crippen LogP contribution < -0.4 is 11.1 Å². The molecule has 27 heavy (non-hydrogen) atoms. The average molecular weight is 366 g/mol. The van der Waals surface area contributed by atoms with Crippen molar-refractivity contribution in [3.63, 3.8) is 0 Å². The van der Waals surface area contributed by atoms with E-state index in [1.807, 2.05) is 27.1 Å². The van der Waals surface area contributed by atoms with Crippen LogP contribution in [0.3, 0.4) is 0 Å². The molecule has 1 heterocycles. The lowest BCUT2D eigenvalue weighted by molar-refractivity contribution is 0.464. The number of nitrogens with zero attached hydrogens (tertiary/aromatic N) is 3. The van der Waals surface area contributed by atoms with Crippen molar-refractivity contribution in [3.05, 3.63) is 46.6 Å². The molecule has 2 aromatic rings. The van der Waals surface area contributed by atoms with Crippen LogP contribution in [0.5, 0.6) is 0 Å². The Labute approximate surface area is 163 Å².